The summed E-state index contributed by atoms with van der Waals surface area (Å²) in [5.74, 6) is -3.32. The number of anilines is 1. The summed E-state index contributed by atoms with van der Waals surface area (Å²) in [7, 11) is 0. The molecule has 1 aliphatic heterocycles. The van der Waals surface area contributed by atoms with E-state index in [4.69, 9.17) is 0 Å². The van der Waals surface area contributed by atoms with Gasteiger partial charge in [-0.15, -0.1) is 0 Å². The Morgan fingerprint density at radius 3 is 2.85 bits per heavy atom. The van der Waals surface area contributed by atoms with Crippen LogP contribution in [0, 0.1) is 5.92 Å². The fourth-order valence-electron chi connectivity index (χ4n) is 2.22. The van der Waals surface area contributed by atoms with Gasteiger partial charge in [0.25, 0.3) is 5.72 Å². The number of fused-ring (bicyclic) bond motifs is 1. The number of carbonyl (C=O) groups is 1. The highest BCUT2D eigenvalue weighted by molar-refractivity contribution is 5.76. The quantitative estimate of drug-likeness (QED) is 0.780. The summed E-state index contributed by atoms with van der Waals surface area (Å²) < 4.78 is 45.2. The van der Waals surface area contributed by atoms with Crippen molar-refractivity contribution in [2.45, 2.75) is 31.8 Å². The van der Waals surface area contributed by atoms with Gasteiger partial charge in [-0.05, 0) is 13.8 Å². The number of hydrogen-bond acceptors (Lipinski definition) is 6. The van der Waals surface area contributed by atoms with Gasteiger partial charge >= 0.3 is 12.1 Å². The van der Waals surface area contributed by atoms with E-state index >= 15 is 0 Å². The fraction of sp³-hybridized carbons (Fsp3) is 0.700. The Bertz CT molecular complexity index is 518. The van der Waals surface area contributed by atoms with Crippen LogP contribution in [0.3, 0.4) is 0 Å². The number of aliphatic hydroxyl groups is 1. The van der Waals surface area contributed by atoms with Gasteiger partial charge < -0.3 is 15.2 Å². The summed E-state index contributed by atoms with van der Waals surface area (Å²) in [4.78, 5) is 15.4. The molecule has 0 amide bonds. The van der Waals surface area contributed by atoms with Crippen molar-refractivity contribution in [3.05, 3.63) is 6.33 Å². The third kappa shape index (κ3) is 1.99. The lowest BCUT2D eigenvalue weighted by Crippen LogP contribution is -2.64. The zero-order chi connectivity index (χ0) is 15.1. The van der Waals surface area contributed by atoms with Crippen LogP contribution in [0.4, 0.5) is 19.1 Å². The number of carbonyl (C=O) groups excluding carboxylic acids is 1. The van der Waals surface area contributed by atoms with Gasteiger partial charge in [-0.3, -0.25) is 4.79 Å². The van der Waals surface area contributed by atoms with E-state index in [1.165, 1.54) is 13.8 Å². The number of alkyl halides is 3. The zero-order valence-corrected chi connectivity index (χ0v) is 10.7. The maximum atomic E-state index is 13.2. The van der Waals surface area contributed by atoms with Gasteiger partial charge in [-0.2, -0.15) is 23.3 Å². The Hall–Kier alpha value is -1.84. The minimum Gasteiger partial charge on any atom is -0.466 e. The highest BCUT2D eigenvalue weighted by Gasteiger charge is 2.66. The molecular formula is C10H13F3N4O3. The zero-order valence-electron chi connectivity index (χ0n) is 10.7. The van der Waals surface area contributed by atoms with Crippen LogP contribution in [0.5, 0.6) is 0 Å². The maximum Gasteiger partial charge on any atom is 0.437 e. The molecule has 20 heavy (non-hydrogen) atoms. The second-order valence-corrected chi connectivity index (χ2v) is 4.39. The largest absolute Gasteiger partial charge is 0.466 e. The first-order valence-corrected chi connectivity index (χ1v) is 5.85. The average Bonchev–Trinajstić information content (AvgIpc) is 2.75. The number of nitrogens with one attached hydrogen (secondary N) is 1. The van der Waals surface area contributed by atoms with Crippen LogP contribution in [0.2, 0.25) is 0 Å². The van der Waals surface area contributed by atoms with Gasteiger partial charge in [0.15, 0.2) is 0 Å². The number of esters is 1. The predicted molar refractivity (Wildman–Crippen MR) is 59.5 cm³/mol. The summed E-state index contributed by atoms with van der Waals surface area (Å²) in [5, 5.41) is 15.5. The number of halogens is 3. The van der Waals surface area contributed by atoms with Gasteiger partial charge in [0, 0.05) is 0 Å². The Balaban J connectivity index is 2.51. The fourth-order valence-corrected chi connectivity index (χ4v) is 2.22. The van der Waals surface area contributed by atoms with Crippen molar-refractivity contribution < 1.29 is 27.8 Å². The molecule has 0 aromatic carbocycles. The van der Waals surface area contributed by atoms with Crippen LogP contribution in [0.25, 0.3) is 0 Å². The molecule has 2 heterocycles. The summed E-state index contributed by atoms with van der Waals surface area (Å²) in [6, 6.07) is -1.07. The van der Waals surface area contributed by atoms with E-state index in [1.807, 2.05) is 5.32 Å². The molecule has 0 fully saturated rings. The van der Waals surface area contributed by atoms with Crippen molar-refractivity contribution >= 4 is 11.9 Å². The van der Waals surface area contributed by atoms with Crippen LogP contribution in [0.15, 0.2) is 6.33 Å². The van der Waals surface area contributed by atoms with Crippen LogP contribution in [0.1, 0.15) is 19.9 Å². The minimum absolute atomic E-state index is 0.0970. The maximum absolute atomic E-state index is 13.2. The lowest BCUT2D eigenvalue weighted by Gasteiger charge is -2.42. The molecule has 0 saturated carbocycles. The monoisotopic (exact) mass is 294 g/mol. The van der Waals surface area contributed by atoms with Gasteiger partial charge in [0.05, 0.1) is 12.6 Å². The van der Waals surface area contributed by atoms with Crippen LogP contribution < -0.4 is 5.32 Å². The Kier molecular flexibility index (Phi) is 3.36. The molecule has 0 saturated heterocycles. The molecular weight excluding hydrogens is 281 g/mol. The molecule has 3 atom stereocenters. The van der Waals surface area contributed by atoms with Crippen molar-refractivity contribution in [3.8, 4) is 0 Å². The second kappa shape index (κ2) is 4.62. The number of rotatable bonds is 2. The van der Waals surface area contributed by atoms with E-state index in [9.17, 15) is 23.1 Å². The summed E-state index contributed by atoms with van der Waals surface area (Å²) in [5.41, 5.74) is -3.46. The third-order valence-electron chi connectivity index (χ3n) is 3.17. The van der Waals surface area contributed by atoms with Crippen molar-refractivity contribution in [3.63, 3.8) is 0 Å². The van der Waals surface area contributed by atoms with E-state index in [0.29, 0.717) is 0 Å². The molecule has 1 aromatic rings. The highest BCUT2D eigenvalue weighted by atomic mass is 19.4. The molecule has 0 bridgehead atoms. The van der Waals surface area contributed by atoms with Gasteiger partial charge in [-0.25, -0.2) is 4.68 Å². The Morgan fingerprint density at radius 1 is 1.65 bits per heavy atom. The van der Waals surface area contributed by atoms with Crippen LogP contribution >= 0.6 is 0 Å². The third-order valence-corrected chi connectivity index (χ3v) is 3.17. The Labute approximate surface area is 111 Å². The molecule has 0 radical (unpaired) electrons. The standard InChI is InChI=1S/C10H13F3N4O3/c1-3-20-7(18)6-5(2)17-8(14-4-15-17)16-9(6,19)10(11,12)13/h4-6,19H,3H2,1-2H3,(H,14,15,16)/t5-,6-,9+/m1/s1. The minimum atomic E-state index is -5.09. The Morgan fingerprint density at radius 2 is 2.30 bits per heavy atom. The average molecular weight is 294 g/mol. The van der Waals surface area contributed by atoms with E-state index in [0.717, 1.165) is 11.0 Å². The number of nitrogens with zero attached hydrogens (tertiary/aromatic N) is 3. The van der Waals surface area contributed by atoms with E-state index in [2.05, 4.69) is 14.8 Å². The summed E-state index contributed by atoms with van der Waals surface area (Å²) in [6.07, 6.45) is -4.06. The first kappa shape index (κ1) is 14.6. The topological polar surface area (TPSA) is 89.3 Å². The lowest BCUT2D eigenvalue weighted by molar-refractivity contribution is -0.275. The lowest BCUT2D eigenvalue weighted by atomic mass is 9.87. The SMILES string of the molecule is CCOC(=O)[C@H]1[C@@H](C)n2ncnc2N[C@@]1(O)C(F)(F)F. The first-order chi connectivity index (χ1) is 9.22. The van der Waals surface area contributed by atoms with Gasteiger partial charge in [-0.1, -0.05) is 0 Å². The number of hydrogen-bond donors (Lipinski definition) is 2. The predicted octanol–water partition coefficient (Wildman–Crippen LogP) is 0.695. The van der Waals surface area contributed by atoms with E-state index < -0.39 is 29.8 Å². The molecule has 112 valence electrons. The summed E-state index contributed by atoms with van der Waals surface area (Å²) in [6.45, 7) is 2.70. The molecule has 2 N–H and O–H groups in total. The van der Waals surface area contributed by atoms with E-state index in [1.54, 1.807) is 0 Å². The molecule has 0 unspecified atom stereocenters. The van der Waals surface area contributed by atoms with Crippen molar-refractivity contribution in [1.29, 1.82) is 0 Å². The molecule has 0 aliphatic carbocycles. The molecule has 7 nitrogen and oxygen atoms in total. The number of aromatic nitrogens is 3. The molecule has 2 rings (SSSR count). The van der Waals surface area contributed by atoms with Crippen molar-refractivity contribution in [1.82, 2.24) is 14.8 Å². The van der Waals surface area contributed by atoms with Crippen LogP contribution in [-0.4, -0.2) is 44.3 Å². The van der Waals surface area contributed by atoms with Crippen molar-refractivity contribution in [2.24, 2.45) is 5.92 Å². The molecule has 1 aromatic heterocycles. The van der Waals surface area contributed by atoms with Crippen molar-refractivity contribution in [2.75, 3.05) is 11.9 Å². The molecule has 10 heteroatoms. The van der Waals surface area contributed by atoms with Crippen LogP contribution in [-0.2, 0) is 9.53 Å². The van der Waals surface area contributed by atoms with Gasteiger partial charge in [0.1, 0.15) is 12.2 Å². The molecule has 0 spiro atoms. The number of ether oxygens (including phenoxy) is 1. The normalized spacial score (nSPS) is 29.5. The summed E-state index contributed by atoms with van der Waals surface area (Å²) >= 11 is 0. The molecule has 1 aliphatic rings. The second-order valence-electron chi connectivity index (χ2n) is 4.39. The first-order valence-electron chi connectivity index (χ1n) is 5.85. The van der Waals surface area contributed by atoms with E-state index in [-0.39, 0.29) is 12.6 Å². The highest BCUT2D eigenvalue weighted by Crippen LogP contribution is 2.45. The smallest absolute Gasteiger partial charge is 0.437 e. The van der Waals surface area contributed by atoms with Gasteiger partial charge in [0.2, 0.25) is 5.95 Å².